The second-order valence-corrected chi connectivity index (χ2v) is 16.4. The minimum absolute atomic E-state index is 0.0318. The highest BCUT2D eigenvalue weighted by atomic mass is 35.5. The van der Waals surface area contributed by atoms with Crippen LogP contribution in [0.5, 0.6) is 11.5 Å². The van der Waals surface area contributed by atoms with Gasteiger partial charge >= 0.3 is 6.09 Å². The van der Waals surface area contributed by atoms with E-state index in [1.165, 1.54) is 18.2 Å². The Bertz CT molecular complexity index is 1950. The molecular formula is C37H43ClFN5O5S. The lowest BCUT2D eigenvalue weighted by atomic mass is 9.86. The van der Waals surface area contributed by atoms with E-state index in [0.29, 0.717) is 23.0 Å². The van der Waals surface area contributed by atoms with Gasteiger partial charge < -0.3 is 20.1 Å². The first kappa shape index (κ1) is 36.9. The summed E-state index contributed by atoms with van der Waals surface area (Å²) in [5.41, 5.74) is 1.49. The number of ether oxygens (including phenoxy) is 2. The second kappa shape index (κ2) is 14.8. The smallest absolute Gasteiger partial charge is 0.407 e. The zero-order valence-electron chi connectivity index (χ0n) is 29.0. The number of amides is 1. The van der Waals surface area contributed by atoms with Crippen LogP contribution in [0, 0.1) is 5.82 Å². The van der Waals surface area contributed by atoms with Gasteiger partial charge in [-0.2, -0.15) is 0 Å². The predicted molar refractivity (Wildman–Crippen MR) is 194 cm³/mol. The van der Waals surface area contributed by atoms with Gasteiger partial charge in [0, 0.05) is 23.8 Å². The summed E-state index contributed by atoms with van der Waals surface area (Å²) in [6.45, 7) is 11.7. The van der Waals surface area contributed by atoms with Crippen molar-refractivity contribution in [3.63, 3.8) is 0 Å². The molecule has 3 N–H and O–H groups in total. The predicted octanol–water partition coefficient (Wildman–Crippen LogP) is 9.07. The maximum atomic E-state index is 15.5. The third-order valence-corrected chi connectivity index (χ3v) is 9.80. The molecule has 0 spiro atoms. The van der Waals surface area contributed by atoms with Gasteiger partial charge in [-0.05, 0) is 106 Å². The van der Waals surface area contributed by atoms with Crippen molar-refractivity contribution in [3.8, 4) is 22.8 Å². The van der Waals surface area contributed by atoms with Crippen LogP contribution in [0.15, 0.2) is 77.8 Å². The van der Waals surface area contributed by atoms with Crippen molar-refractivity contribution in [3.05, 3.63) is 89.3 Å². The Hall–Kier alpha value is -4.42. The van der Waals surface area contributed by atoms with Crippen molar-refractivity contribution in [1.29, 1.82) is 0 Å². The van der Waals surface area contributed by atoms with Gasteiger partial charge in [0.25, 0.3) is 10.0 Å². The highest BCUT2D eigenvalue weighted by Crippen LogP contribution is 2.38. The summed E-state index contributed by atoms with van der Waals surface area (Å²) >= 11 is 6.12. The van der Waals surface area contributed by atoms with Crippen LogP contribution in [0.25, 0.3) is 11.3 Å². The fourth-order valence-electron chi connectivity index (χ4n) is 5.50. The Labute approximate surface area is 298 Å². The summed E-state index contributed by atoms with van der Waals surface area (Å²) in [4.78, 5) is 21.1. The molecule has 13 heteroatoms. The van der Waals surface area contributed by atoms with Crippen LogP contribution in [0.4, 0.5) is 20.8 Å². The summed E-state index contributed by atoms with van der Waals surface area (Å²) in [6, 6.07) is 17.4. The first-order chi connectivity index (χ1) is 23.5. The molecule has 1 heterocycles. The van der Waals surface area contributed by atoms with Crippen LogP contribution in [0.1, 0.15) is 72.8 Å². The van der Waals surface area contributed by atoms with E-state index in [2.05, 4.69) is 41.1 Å². The summed E-state index contributed by atoms with van der Waals surface area (Å²) in [7, 11) is -4.14. The minimum atomic E-state index is -4.14. The highest BCUT2D eigenvalue weighted by molar-refractivity contribution is 7.92. The molecule has 0 saturated heterocycles. The molecular weight excluding hydrogens is 681 g/mol. The van der Waals surface area contributed by atoms with Gasteiger partial charge in [0.1, 0.15) is 11.4 Å². The van der Waals surface area contributed by atoms with Crippen LogP contribution in [0.3, 0.4) is 0 Å². The van der Waals surface area contributed by atoms with Gasteiger partial charge in [-0.25, -0.2) is 27.6 Å². The van der Waals surface area contributed by atoms with E-state index in [9.17, 15) is 13.2 Å². The Morgan fingerprint density at radius 3 is 2.26 bits per heavy atom. The molecule has 50 heavy (non-hydrogen) atoms. The average Bonchev–Trinajstić information content (AvgIpc) is 3.03. The zero-order chi connectivity index (χ0) is 36.3. The van der Waals surface area contributed by atoms with E-state index in [4.69, 9.17) is 26.1 Å². The molecule has 1 fully saturated rings. The molecule has 0 bridgehead atoms. The molecule has 1 aromatic heterocycles. The first-order valence-corrected chi connectivity index (χ1v) is 18.3. The lowest BCUT2D eigenvalue weighted by Gasteiger charge is -2.30. The quantitative estimate of drug-likeness (QED) is 0.156. The lowest BCUT2D eigenvalue weighted by molar-refractivity contribution is 0.0492. The van der Waals surface area contributed by atoms with Gasteiger partial charge in [-0.3, -0.25) is 4.72 Å². The standard InChI is InChI=1S/C37H43ClFN5O5S/c1-36(2,3)23-11-17-27(30-19-20-40-34(43-30)41-24-12-14-25(15-13-24)42-35(45)49-37(4,5)6)33(21-23)48-32-18-16-26(22-29(32)39)50(46,47)44-31-10-8-7-9-28(31)38/h7-11,16-22,24-25,44H,12-15H2,1-6H3,(H,42,45)(H,40,41,43). The number of alkyl carbamates (subject to hydrolysis) is 1. The number of anilines is 2. The second-order valence-electron chi connectivity index (χ2n) is 14.3. The number of halogens is 2. The average molecular weight is 724 g/mol. The van der Waals surface area contributed by atoms with Gasteiger partial charge in [-0.15, -0.1) is 0 Å². The molecule has 0 unspecified atom stereocenters. The third kappa shape index (κ3) is 9.63. The number of carbonyl (C=O) groups excluding carboxylic acids is 1. The number of hydrogen-bond donors (Lipinski definition) is 3. The van der Waals surface area contributed by atoms with E-state index in [1.807, 2.05) is 39.0 Å². The molecule has 0 aliphatic heterocycles. The Balaban J connectivity index is 1.34. The molecule has 0 radical (unpaired) electrons. The summed E-state index contributed by atoms with van der Waals surface area (Å²) in [5.74, 6) is -0.234. The normalized spacial score (nSPS) is 16.7. The van der Waals surface area contributed by atoms with Crippen molar-refractivity contribution in [2.75, 3.05) is 10.0 Å². The molecule has 1 saturated carbocycles. The number of nitrogens with one attached hydrogen (secondary N) is 3. The van der Waals surface area contributed by atoms with Crippen molar-refractivity contribution in [2.24, 2.45) is 0 Å². The largest absolute Gasteiger partial charge is 0.454 e. The van der Waals surface area contributed by atoms with E-state index in [0.717, 1.165) is 37.3 Å². The van der Waals surface area contributed by atoms with E-state index >= 15 is 4.39 Å². The van der Waals surface area contributed by atoms with E-state index in [-0.39, 0.29) is 38.9 Å². The number of aromatic nitrogens is 2. The van der Waals surface area contributed by atoms with E-state index in [1.54, 1.807) is 30.5 Å². The molecule has 3 aromatic carbocycles. The minimum Gasteiger partial charge on any atom is -0.454 e. The molecule has 1 aliphatic carbocycles. The summed E-state index contributed by atoms with van der Waals surface area (Å²) in [5, 5.41) is 6.59. The van der Waals surface area contributed by atoms with Gasteiger partial charge in [0.2, 0.25) is 5.95 Å². The van der Waals surface area contributed by atoms with Crippen molar-refractivity contribution < 1.29 is 27.1 Å². The van der Waals surface area contributed by atoms with Gasteiger partial charge in [-0.1, -0.05) is 50.6 Å². The maximum Gasteiger partial charge on any atom is 0.407 e. The van der Waals surface area contributed by atoms with Crippen LogP contribution in [-0.2, 0) is 20.2 Å². The number of benzene rings is 3. The maximum absolute atomic E-state index is 15.5. The molecule has 266 valence electrons. The SMILES string of the molecule is CC(C)(C)OC(=O)NC1CCC(Nc2nccc(-c3ccc(C(C)(C)C)cc3Oc3ccc(S(=O)(=O)Nc4ccccc4Cl)cc3F)n2)CC1. The molecule has 5 rings (SSSR count). The van der Waals surface area contributed by atoms with Crippen LogP contribution in [0.2, 0.25) is 5.02 Å². The molecule has 1 aliphatic rings. The third-order valence-electron chi connectivity index (χ3n) is 8.11. The first-order valence-electron chi connectivity index (χ1n) is 16.5. The summed E-state index contributed by atoms with van der Waals surface area (Å²) < 4.78 is 55.5. The van der Waals surface area contributed by atoms with E-state index < -0.39 is 27.5 Å². The highest BCUT2D eigenvalue weighted by Gasteiger charge is 2.26. The fourth-order valence-corrected chi connectivity index (χ4v) is 6.83. The van der Waals surface area contributed by atoms with Crippen LogP contribution < -0.4 is 20.1 Å². The number of nitrogens with zero attached hydrogens (tertiary/aromatic N) is 2. The number of para-hydroxylation sites is 1. The topological polar surface area (TPSA) is 132 Å². The van der Waals surface area contributed by atoms with Crippen molar-refractivity contribution >= 4 is 39.4 Å². The fraction of sp³-hybridized carbons (Fsp3) is 0.378. The Morgan fingerprint density at radius 2 is 1.60 bits per heavy atom. The molecule has 4 aromatic rings. The van der Waals surface area contributed by atoms with Crippen LogP contribution >= 0.6 is 11.6 Å². The van der Waals surface area contributed by atoms with Crippen molar-refractivity contribution in [2.45, 2.75) is 95.2 Å². The molecule has 0 atom stereocenters. The zero-order valence-corrected chi connectivity index (χ0v) is 30.6. The number of sulfonamides is 1. The van der Waals surface area contributed by atoms with Gasteiger partial charge in [0.15, 0.2) is 11.6 Å². The number of carbonyl (C=O) groups is 1. The van der Waals surface area contributed by atoms with Crippen molar-refractivity contribution in [1.82, 2.24) is 15.3 Å². The lowest BCUT2D eigenvalue weighted by Crippen LogP contribution is -2.42. The Kier molecular flexibility index (Phi) is 10.9. The number of rotatable bonds is 9. The monoisotopic (exact) mass is 723 g/mol. The molecule has 1 amide bonds. The summed E-state index contributed by atoms with van der Waals surface area (Å²) in [6.07, 6.45) is 4.42. The van der Waals surface area contributed by atoms with Crippen LogP contribution in [-0.4, -0.2) is 42.2 Å². The van der Waals surface area contributed by atoms with Gasteiger partial charge in [0.05, 0.1) is 21.3 Å². The number of hydrogen-bond acceptors (Lipinski definition) is 8. The molecule has 10 nitrogen and oxygen atoms in total. The Morgan fingerprint density at radius 1 is 0.900 bits per heavy atom.